The summed E-state index contributed by atoms with van der Waals surface area (Å²) in [6.07, 6.45) is 1.66. The molecule has 114 valence electrons. The summed E-state index contributed by atoms with van der Waals surface area (Å²) in [6.45, 7) is 1.14. The fraction of sp³-hybridized carbons (Fsp3) is 0.333. The summed E-state index contributed by atoms with van der Waals surface area (Å²) in [4.78, 5) is 0. The third-order valence-corrected chi connectivity index (χ3v) is 6.00. The van der Waals surface area contributed by atoms with Crippen LogP contribution in [-0.4, -0.2) is 22.0 Å². The fourth-order valence-electron chi connectivity index (χ4n) is 2.01. The largest absolute Gasteiger partial charge is 0.316 e. The summed E-state index contributed by atoms with van der Waals surface area (Å²) in [5.74, 6) is 0. The highest BCUT2D eigenvalue weighted by atomic mass is 32.2. The molecular formula is C15H20N2O2S2. The van der Waals surface area contributed by atoms with Gasteiger partial charge >= 0.3 is 0 Å². The number of hydrogen-bond acceptors (Lipinski definition) is 4. The number of nitrogens with one attached hydrogen (secondary N) is 2. The van der Waals surface area contributed by atoms with Crippen molar-refractivity contribution in [2.24, 2.45) is 0 Å². The van der Waals surface area contributed by atoms with E-state index < -0.39 is 10.0 Å². The Bertz CT molecular complexity index is 651. The van der Waals surface area contributed by atoms with Crippen molar-refractivity contribution in [1.82, 2.24) is 10.0 Å². The number of aryl methyl sites for hydroxylation is 1. The highest BCUT2D eigenvalue weighted by molar-refractivity contribution is 7.91. The zero-order valence-corrected chi connectivity index (χ0v) is 13.6. The maximum Gasteiger partial charge on any atom is 0.250 e. The van der Waals surface area contributed by atoms with E-state index in [0.717, 1.165) is 18.4 Å². The lowest BCUT2D eigenvalue weighted by atomic mass is 10.1. The SMILES string of the molecule is CNCc1csc(S(=O)(=O)NCCCc2ccccc2)c1. The van der Waals surface area contributed by atoms with Crippen LogP contribution < -0.4 is 10.0 Å². The van der Waals surface area contributed by atoms with Crippen LogP contribution in [0.4, 0.5) is 0 Å². The maximum absolute atomic E-state index is 12.1. The van der Waals surface area contributed by atoms with Gasteiger partial charge in [0.25, 0.3) is 0 Å². The molecule has 2 rings (SSSR count). The Hall–Kier alpha value is -1.21. The number of sulfonamides is 1. The van der Waals surface area contributed by atoms with E-state index in [1.807, 2.05) is 30.6 Å². The second kappa shape index (κ2) is 7.70. The van der Waals surface area contributed by atoms with Gasteiger partial charge in [0.15, 0.2) is 0 Å². The molecule has 0 fully saturated rings. The molecule has 0 amide bonds. The molecule has 0 saturated heterocycles. The summed E-state index contributed by atoms with van der Waals surface area (Å²) in [6, 6.07) is 11.8. The zero-order chi connectivity index (χ0) is 15.1. The molecule has 1 heterocycles. The lowest BCUT2D eigenvalue weighted by molar-refractivity contribution is 0.581. The molecule has 1 aromatic carbocycles. The minimum absolute atomic E-state index is 0.382. The van der Waals surface area contributed by atoms with Crippen LogP contribution in [0.3, 0.4) is 0 Å². The van der Waals surface area contributed by atoms with Gasteiger partial charge in [0.2, 0.25) is 10.0 Å². The summed E-state index contributed by atoms with van der Waals surface area (Å²) in [5.41, 5.74) is 2.22. The van der Waals surface area contributed by atoms with Crippen molar-refractivity contribution < 1.29 is 8.42 Å². The number of hydrogen-bond donors (Lipinski definition) is 2. The highest BCUT2D eigenvalue weighted by Gasteiger charge is 2.15. The Morgan fingerprint density at radius 2 is 1.90 bits per heavy atom. The van der Waals surface area contributed by atoms with E-state index in [9.17, 15) is 8.42 Å². The van der Waals surface area contributed by atoms with Gasteiger partial charge in [0.05, 0.1) is 0 Å². The average Bonchev–Trinajstić information content (AvgIpc) is 2.95. The molecule has 2 aromatic rings. The van der Waals surface area contributed by atoms with Crippen LogP contribution >= 0.6 is 11.3 Å². The minimum Gasteiger partial charge on any atom is -0.316 e. The van der Waals surface area contributed by atoms with Gasteiger partial charge in [-0.25, -0.2) is 13.1 Å². The van der Waals surface area contributed by atoms with E-state index in [4.69, 9.17) is 0 Å². The molecule has 0 aliphatic carbocycles. The molecule has 0 radical (unpaired) electrons. The quantitative estimate of drug-likeness (QED) is 0.733. The molecule has 0 saturated carbocycles. The first-order chi connectivity index (χ1) is 10.1. The summed E-state index contributed by atoms with van der Waals surface area (Å²) < 4.78 is 27.3. The van der Waals surface area contributed by atoms with Gasteiger partial charge in [-0.3, -0.25) is 0 Å². The highest BCUT2D eigenvalue weighted by Crippen LogP contribution is 2.19. The standard InChI is InChI=1S/C15H20N2O2S2/c1-16-11-14-10-15(20-12-14)21(18,19)17-9-5-8-13-6-3-2-4-7-13/h2-4,6-7,10,12,16-17H,5,8-9,11H2,1H3. The van der Waals surface area contributed by atoms with Gasteiger partial charge in [-0.15, -0.1) is 11.3 Å². The second-order valence-electron chi connectivity index (χ2n) is 4.79. The van der Waals surface area contributed by atoms with Crippen LogP contribution in [0.1, 0.15) is 17.5 Å². The molecule has 21 heavy (non-hydrogen) atoms. The predicted molar refractivity (Wildman–Crippen MR) is 87.0 cm³/mol. The molecule has 0 spiro atoms. The van der Waals surface area contributed by atoms with Gasteiger partial charge in [0.1, 0.15) is 4.21 Å². The topological polar surface area (TPSA) is 58.2 Å². The Labute approximate surface area is 130 Å². The van der Waals surface area contributed by atoms with Gasteiger partial charge in [-0.05, 0) is 42.5 Å². The van der Waals surface area contributed by atoms with Crippen molar-refractivity contribution in [3.05, 3.63) is 52.9 Å². The molecule has 6 heteroatoms. The minimum atomic E-state index is -3.37. The van der Waals surface area contributed by atoms with Crippen LogP contribution in [0.5, 0.6) is 0 Å². The van der Waals surface area contributed by atoms with E-state index in [1.54, 1.807) is 6.07 Å². The van der Waals surface area contributed by atoms with E-state index in [0.29, 0.717) is 17.3 Å². The zero-order valence-electron chi connectivity index (χ0n) is 12.0. The van der Waals surface area contributed by atoms with Crippen LogP contribution in [0.25, 0.3) is 0 Å². The van der Waals surface area contributed by atoms with Gasteiger partial charge < -0.3 is 5.32 Å². The van der Waals surface area contributed by atoms with Crippen molar-refractivity contribution in [3.63, 3.8) is 0 Å². The molecule has 2 N–H and O–H groups in total. The monoisotopic (exact) mass is 324 g/mol. The fourth-order valence-corrected chi connectivity index (χ4v) is 4.33. The smallest absolute Gasteiger partial charge is 0.250 e. The molecule has 0 aliphatic rings. The van der Waals surface area contributed by atoms with Gasteiger partial charge in [-0.1, -0.05) is 30.3 Å². The Kier molecular flexibility index (Phi) is 5.93. The molecular weight excluding hydrogens is 304 g/mol. The van der Waals surface area contributed by atoms with Crippen molar-refractivity contribution in [2.75, 3.05) is 13.6 Å². The first-order valence-electron chi connectivity index (χ1n) is 6.87. The Morgan fingerprint density at radius 3 is 2.62 bits per heavy atom. The van der Waals surface area contributed by atoms with E-state index in [-0.39, 0.29) is 0 Å². The lowest BCUT2D eigenvalue weighted by Crippen LogP contribution is -2.24. The number of thiophene rings is 1. The third kappa shape index (κ3) is 4.93. The van der Waals surface area contributed by atoms with Crippen molar-refractivity contribution >= 4 is 21.4 Å². The second-order valence-corrected chi connectivity index (χ2v) is 7.70. The lowest BCUT2D eigenvalue weighted by Gasteiger charge is -2.05. The molecule has 0 unspecified atom stereocenters. The Morgan fingerprint density at radius 1 is 1.14 bits per heavy atom. The van der Waals surface area contributed by atoms with E-state index in [1.165, 1.54) is 16.9 Å². The van der Waals surface area contributed by atoms with Crippen LogP contribution in [0, 0.1) is 0 Å². The van der Waals surface area contributed by atoms with E-state index >= 15 is 0 Å². The summed E-state index contributed by atoms with van der Waals surface area (Å²) >= 11 is 1.26. The molecule has 0 bridgehead atoms. The third-order valence-electron chi connectivity index (χ3n) is 3.05. The normalized spacial score (nSPS) is 11.7. The van der Waals surface area contributed by atoms with Crippen LogP contribution in [-0.2, 0) is 23.0 Å². The molecule has 0 aliphatic heterocycles. The summed E-state index contributed by atoms with van der Waals surface area (Å²) in [5, 5.41) is 4.88. The number of rotatable bonds is 8. The van der Waals surface area contributed by atoms with Gasteiger partial charge in [0, 0.05) is 13.1 Å². The summed E-state index contributed by atoms with van der Waals surface area (Å²) in [7, 11) is -1.53. The van der Waals surface area contributed by atoms with Crippen molar-refractivity contribution in [1.29, 1.82) is 0 Å². The van der Waals surface area contributed by atoms with Crippen LogP contribution in [0.2, 0.25) is 0 Å². The first kappa shape index (κ1) is 16.2. The van der Waals surface area contributed by atoms with Crippen molar-refractivity contribution in [3.8, 4) is 0 Å². The molecule has 1 aromatic heterocycles. The number of benzene rings is 1. The van der Waals surface area contributed by atoms with Crippen molar-refractivity contribution in [2.45, 2.75) is 23.6 Å². The van der Waals surface area contributed by atoms with E-state index in [2.05, 4.69) is 22.2 Å². The molecule has 4 nitrogen and oxygen atoms in total. The maximum atomic E-state index is 12.1. The molecule has 0 atom stereocenters. The van der Waals surface area contributed by atoms with Gasteiger partial charge in [-0.2, -0.15) is 0 Å². The average molecular weight is 324 g/mol. The van der Waals surface area contributed by atoms with Crippen LogP contribution in [0.15, 0.2) is 46.0 Å². The first-order valence-corrected chi connectivity index (χ1v) is 9.24. The Balaban J connectivity index is 1.83. The predicted octanol–water partition coefficient (Wildman–Crippen LogP) is 2.38.